The van der Waals surface area contributed by atoms with Gasteiger partial charge in [0.25, 0.3) is 10.0 Å². The average molecular weight is 453 g/mol. The summed E-state index contributed by atoms with van der Waals surface area (Å²) in [6, 6.07) is 9.12. The van der Waals surface area contributed by atoms with Crippen LogP contribution in [0.3, 0.4) is 0 Å². The van der Waals surface area contributed by atoms with Crippen molar-refractivity contribution >= 4 is 37.3 Å². The van der Waals surface area contributed by atoms with Crippen molar-refractivity contribution < 1.29 is 26.4 Å². The van der Waals surface area contributed by atoms with E-state index in [-0.39, 0.29) is 16.3 Å². The van der Waals surface area contributed by atoms with Crippen LogP contribution in [0.25, 0.3) is 0 Å². The number of hydrogen-bond acceptors (Lipinski definition) is 6. The fourth-order valence-corrected chi connectivity index (χ4v) is 6.81. The Bertz CT molecular complexity index is 1230. The van der Waals surface area contributed by atoms with Crippen LogP contribution in [0.2, 0.25) is 0 Å². The predicted octanol–water partition coefficient (Wildman–Crippen LogP) is 2.82. The lowest BCUT2D eigenvalue weighted by molar-refractivity contribution is -0.123. The SMILES string of the molecule is COc1ccc(C)cc1NS(=O)(=O)c1ccc(N2C(=O)C(C)(C)CS2(=O)=O)cc1C. The highest BCUT2D eigenvalue weighted by molar-refractivity contribution is 7.94. The molecule has 1 aliphatic rings. The van der Waals surface area contributed by atoms with Gasteiger partial charge in [-0.15, -0.1) is 0 Å². The smallest absolute Gasteiger partial charge is 0.262 e. The number of nitrogens with zero attached hydrogens (tertiary/aromatic N) is 1. The number of methoxy groups -OCH3 is 1. The normalized spacial score (nSPS) is 17.8. The molecule has 1 amide bonds. The first kappa shape index (κ1) is 22.1. The quantitative estimate of drug-likeness (QED) is 0.747. The highest BCUT2D eigenvalue weighted by Crippen LogP contribution is 2.37. The van der Waals surface area contributed by atoms with Gasteiger partial charge in [-0.25, -0.2) is 21.1 Å². The fraction of sp³-hybridized carbons (Fsp3) is 0.350. The van der Waals surface area contributed by atoms with Gasteiger partial charge in [0, 0.05) is 0 Å². The Hall–Kier alpha value is -2.59. The molecule has 2 aromatic carbocycles. The molecule has 0 saturated carbocycles. The molecule has 1 saturated heterocycles. The molecule has 10 heteroatoms. The van der Waals surface area contributed by atoms with Gasteiger partial charge < -0.3 is 4.74 Å². The van der Waals surface area contributed by atoms with Crippen LogP contribution in [0.1, 0.15) is 25.0 Å². The number of anilines is 2. The summed E-state index contributed by atoms with van der Waals surface area (Å²) in [6.45, 7) is 6.51. The minimum atomic E-state index is -3.98. The minimum Gasteiger partial charge on any atom is -0.495 e. The van der Waals surface area contributed by atoms with E-state index in [1.165, 1.54) is 25.3 Å². The van der Waals surface area contributed by atoms with Crippen molar-refractivity contribution in [2.75, 3.05) is 21.9 Å². The van der Waals surface area contributed by atoms with E-state index in [1.807, 2.05) is 6.92 Å². The number of hydrogen-bond donors (Lipinski definition) is 1. The number of carbonyl (C=O) groups excluding carboxylic acids is 1. The van der Waals surface area contributed by atoms with Crippen molar-refractivity contribution in [3.8, 4) is 5.75 Å². The number of rotatable bonds is 5. The Balaban J connectivity index is 2.00. The van der Waals surface area contributed by atoms with E-state index < -0.39 is 31.4 Å². The van der Waals surface area contributed by atoms with Gasteiger partial charge in [-0.05, 0) is 69.2 Å². The van der Waals surface area contributed by atoms with Crippen LogP contribution < -0.4 is 13.8 Å². The molecule has 0 aromatic heterocycles. The third kappa shape index (κ3) is 3.89. The van der Waals surface area contributed by atoms with Gasteiger partial charge in [-0.1, -0.05) is 6.07 Å². The lowest BCUT2D eigenvalue weighted by atomic mass is 9.95. The van der Waals surface area contributed by atoms with Crippen molar-refractivity contribution in [1.82, 2.24) is 0 Å². The first-order chi connectivity index (χ1) is 13.8. The average Bonchev–Trinajstić information content (AvgIpc) is 2.77. The molecule has 3 rings (SSSR count). The highest BCUT2D eigenvalue weighted by Gasteiger charge is 2.50. The zero-order valence-electron chi connectivity index (χ0n) is 17.4. The topological polar surface area (TPSA) is 110 Å². The monoisotopic (exact) mass is 452 g/mol. The Labute approximate surface area is 177 Å². The van der Waals surface area contributed by atoms with E-state index in [0.29, 0.717) is 17.0 Å². The van der Waals surface area contributed by atoms with Crippen LogP contribution in [0.4, 0.5) is 11.4 Å². The molecular weight excluding hydrogens is 428 g/mol. The van der Waals surface area contributed by atoms with Crippen LogP contribution in [0.15, 0.2) is 41.3 Å². The predicted molar refractivity (Wildman–Crippen MR) is 115 cm³/mol. The van der Waals surface area contributed by atoms with Crippen LogP contribution in [-0.4, -0.2) is 35.6 Å². The molecule has 30 heavy (non-hydrogen) atoms. The van der Waals surface area contributed by atoms with Crippen molar-refractivity contribution in [2.45, 2.75) is 32.6 Å². The first-order valence-corrected chi connectivity index (χ1v) is 12.2. The molecule has 0 spiro atoms. The molecule has 0 aliphatic carbocycles. The maximum Gasteiger partial charge on any atom is 0.262 e. The summed E-state index contributed by atoms with van der Waals surface area (Å²) < 4.78 is 59.4. The number of ether oxygens (including phenoxy) is 1. The van der Waals surface area contributed by atoms with Gasteiger partial charge in [0.2, 0.25) is 15.9 Å². The summed E-state index contributed by atoms with van der Waals surface area (Å²) in [6.07, 6.45) is 0. The second-order valence-corrected chi connectivity index (χ2v) is 11.4. The molecule has 0 unspecified atom stereocenters. The van der Waals surface area contributed by atoms with Gasteiger partial charge in [-0.3, -0.25) is 9.52 Å². The summed E-state index contributed by atoms with van der Waals surface area (Å²) in [7, 11) is -6.36. The van der Waals surface area contributed by atoms with E-state index in [4.69, 9.17) is 4.74 Å². The molecule has 0 atom stereocenters. The van der Waals surface area contributed by atoms with Gasteiger partial charge in [0.05, 0.1) is 34.5 Å². The molecule has 8 nitrogen and oxygen atoms in total. The molecule has 1 fully saturated rings. The van der Waals surface area contributed by atoms with E-state index in [1.54, 1.807) is 39.0 Å². The number of nitrogens with one attached hydrogen (secondary N) is 1. The van der Waals surface area contributed by atoms with Gasteiger partial charge in [0.15, 0.2) is 0 Å². The van der Waals surface area contributed by atoms with Crippen molar-refractivity contribution in [2.24, 2.45) is 5.41 Å². The van der Waals surface area contributed by atoms with E-state index in [0.717, 1.165) is 9.87 Å². The van der Waals surface area contributed by atoms with Gasteiger partial charge in [0.1, 0.15) is 5.75 Å². The zero-order valence-corrected chi connectivity index (χ0v) is 19.0. The molecule has 162 valence electrons. The largest absolute Gasteiger partial charge is 0.495 e. The third-order valence-electron chi connectivity index (χ3n) is 4.87. The molecular formula is C20H24N2O6S2. The van der Waals surface area contributed by atoms with Crippen molar-refractivity contribution in [1.29, 1.82) is 0 Å². The molecule has 0 radical (unpaired) electrons. The van der Waals surface area contributed by atoms with Crippen molar-refractivity contribution in [3.63, 3.8) is 0 Å². The van der Waals surface area contributed by atoms with E-state index >= 15 is 0 Å². The molecule has 1 aliphatic heterocycles. The second-order valence-electron chi connectivity index (χ2n) is 7.97. The number of carbonyl (C=O) groups is 1. The lowest BCUT2D eigenvalue weighted by Crippen LogP contribution is -2.33. The number of sulfonamides is 2. The van der Waals surface area contributed by atoms with Crippen molar-refractivity contribution in [3.05, 3.63) is 47.5 Å². The third-order valence-corrected chi connectivity index (χ3v) is 8.41. The van der Waals surface area contributed by atoms with E-state index in [2.05, 4.69) is 4.72 Å². The number of benzene rings is 2. The van der Waals surface area contributed by atoms with Gasteiger partial charge >= 0.3 is 0 Å². The van der Waals surface area contributed by atoms with Crippen LogP contribution >= 0.6 is 0 Å². The zero-order chi connectivity index (χ0) is 22.5. The minimum absolute atomic E-state index is 0.0295. The standard InChI is InChI=1S/C20H24N2O6S2/c1-13-6-8-17(28-5)16(10-13)21-30(26,27)18-9-7-15(11-14(18)2)22-19(23)20(3,4)12-29(22,24)25/h6-11,21H,12H2,1-5H3. The Morgan fingerprint density at radius 2 is 1.77 bits per heavy atom. The number of amides is 1. The molecule has 1 N–H and O–H groups in total. The van der Waals surface area contributed by atoms with Crippen LogP contribution in [-0.2, 0) is 24.8 Å². The molecule has 2 aromatic rings. The Morgan fingerprint density at radius 3 is 2.30 bits per heavy atom. The molecule has 1 heterocycles. The summed E-state index contributed by atoms with van der Waals surface area (Å²) in [4.78, 5) is 12.6. The highest BCUT2D eigenvalue weighted by atomic mass is 32.2. The van der Waals surface area contributed by atoms with Crippen LogP contribution in [0, 0.1) is 19.3 Å². The Kier molecular flexibility index (Phi) is 5.36. The summed E-state index contributed by atoms with van der Waals surface area (Å²) in [5.41, 5.74) is 0.524. The van der Waals surface area contributed by atoms with Gasteiger partial charge in [-0.2, -0.15) is 0 Å². The summed E-state index contributed by atoms with van der Waals surface area (Å²) in [5, 5.41) is 0. The molecule has 0 bridgehead atoms. The maximum atomic E-state index is 13.0. The first-order valence-electron chi connectivity index (χ1n) is 9.14. The summed E-state index contributed by atoms with van der Waals surface area (Å²) in [5.74, 6) is -0.471. The number of aryl methyl sites for hydroxylation is 2. The summed E-state index contributed by atoms with van der Waals surface area (Å²) >= 11 is 0. The van der Waals surface area contributed by atoms with Crippen LogP contribution in [0.5, 0.6) is 5.75 Å². The lowest BCUT2D eigenvalue weighted by Gasteiger charge is -2.19. The second kappa shape index (κ2) is 7.28. The maximum absolute atomic E-state index is 13.0. The fourth-order valence-electron chi connectivity index (χ4n) is 3.42. The Morgan fingerprint density at radius 1 is 1.10 bits per heavy atom. The van der Waals surface area contributed by atoms with E-state index in [9.17, 15) is 21.6 Å².